The van der Waals surface area contributed by atoms with Crippen molar-refractivity contribution in [2.24, 2.45) is 10.5 Å². The van der Waals surface area contributed by atoms with Crippen LogP contribution in [0.15, 0.2) is 71.5 Å². The molecule has 1 aliphatic heterocycles. The van der Waals surface area contributed by atoms with Crippen LogP contribution in [0.2, 0.25) is 0 Å². The van der Waals surface area contributed by atoms with Crippen molar-refractivity contribution in [1.82, 2.24) is 0 Å². The SMILES string of the molecule is CCOC(=O)C12CCCC=C1N(c1ccccc1)N=C(c1ccc([N+](=O)[O-])cc1)C2. The molecule has 1 atom stereocenters. The molecule has 2 aromatic rings. The normalized spacial score (nSPS) is 20.6. The summed E-state index contributed by atoms with van der Waals surface area (Å²) < 4.78 is 5.51. The summed E-state index contributed by atoms with van der Waals surface area (Å²) in [5.74, 6) is -0.244. The molecule has 0 spiro atoms. The maximum atomic E-state index is 13.2. The van der Waals surface area contributed by atoms with Crippen LogP contribution in [0.5, 0.6) is 0 Å². The monoisotopic (exact) mass is 405 g/mol. The molecule has 0 amide bonds. The second-order valence-corrected chi connectivity index (χ2v) is 7.46. The third-order valence-electron chi connectivity index (χ3n) is 5.63. The first kappa shape index (κ1) is 19.8. The Labute approximate surface area is 174 Å². The highest BCUT2D eigenvalue weighted by molar-refractivity contribution is 6.06. The Balaban J connectivity index is 1.85. The molecule has 0 saturated carbocycles. The lowest BCUT2D eigenvalue weighted by Crippen LogP contribution is -2.47. The summed E-state index contributed by atoms with van der Waals surface area (Å²) in [7, 11) is 0. The number of hydrogen-bond acceptors (Lipinski definition) is 6. The van der Waals surface area contributed by atoms with E-state index in [1.54, 1.807) is 12.1 Å². The Bertz CT molecular complexity index is 1010. The van der Waals surface area contributed by atoms with Gasteiger partial charge in [0.05, 0.1) is 28.6 Å². The zero-order chi connectivity index (χ0) is 21.1. The van der Waals surface area contributed by atoms with Gasteiger partial charge in [0.25, 0.3) is 5.69 Å². The molecule has 1 unspecified atom stereocenters. The quantitative estimate of drug-likeness (QED) is 0.404. The summed E-state index contributed by atoms with van der Waals surface area (Å²) in [4.78, 5) is 23.8. The van der Waals surface area contributed by atoms with Gasteiger partial charge >= 0.3 is 5.97 Å². The average Bonchev–Trinajstić information content (AvgIpc) is 2.79. The summed E-state index contributed by atoms with van der Waals surface area (Å²) in [6.45, 7) is 2.12. The number of esters is 1. The largest absolute Gasteiger partial charge is 0.465 e. The standard InChI is InChI=1S/C23H23N3O4/c1-2-30-22(27)23-15-7-6-10-21(23)25(18-8-4-3-5-9-18)24-20(16-23)17-11-13-19(14-12-17)26(28)29/h3-5,8-14H,2,6-7,15-16H2,1H3. The van der Waals surface area contributed by atoms with Gasteiger partial charge in [0.1, 0.15) is 5.41 Å². The van der Waals surface area contributed by atoms with Gasteiger partial charge in [0.15, 0.2) is 0 Å². The molecule has 0 bridgehead atoms. The molecule has 0 fully saturated rings. The Kier molecular flexibility index (Phi) is 5.35. The Morgan fingerprint density at radius 3 is 2.60 bits per heavy atom. The zero-order valence-corrected chi connectivity index (χ0v) is 16.8. The fourth-order valence-corrected chi connectivity index (χ4v) is 4.18. The van der Waals surface area contributed by atoms with Crippen molar-refractivity contribution in [1.29, 1.82) is 0 Å². The van der Waals surface area contributed by atoms with E-state index in [0.717, 1.165) is 29.8 Å². The second-order valence-electron chi connectivity index (χ2n) is 7.46. The van der Waals surface area contributed by atoms with E-state index in [-0.39, 0.29) is 11.7 Å². The number of fused-ring (bicyclic) bond motifs is 1. The van der Waals surface area contributed by atoms with Gasteiger partial charge in [0, 0.05) is 18.6 Å². The van der Waals surface area contributed by atoms with E-state index in [4.69, 9.17) is 9.84 Å². The third kappa shape index (κ3) is 3.47. The smallest absolute Gasteiger partial charge is 0.318 e. The van der Waals surface area contributed by atoms with Crippen molar-refractivity contribution < 1.29 is 14.5 Å². The van der Waals surface area contributed by atoms with E-state index >= 15 is 0 Å². The van der Waals surface area contributed by atoms with E-state index < -0.39 is 10.3 Å². The van der Waals surface area contributed by atoms with Crippen molar-refractivity contribution in [2.45, 2.75) is 32.6 Å². The van der Waals surface area contributed by atoms with Gasteiger partial charge in [0.2, 0.25) is 0 Å². The number of rotatable bonds is 5. The minimum Gasteiger partial charge on any atom is -0.465 e. The number of benzene rings is 2. The highest BCUT2D eigenvalue weighted by Crippen LogP contribution is 2.48. The molecular weight excluding hydrogens is 382 g/mol. The number of nitro benzene ring substituents is 1. The fourth-order valence-electron chi connectivity index (χ4n) is 4.18. The number of nitro groups is 1. The van der Waals surface area contributed by atoms with Gasteiger partial charge in [-0.05, 0) is 56.0 Å². The first-order valence-electron chi connectivity index (χ1n) is 10.1. The minimum atomic E-state index is -0.817. The Morgan fingerprint density at radius 1 is 1.20 bits per heavy atom. The number of hydrogen-bond donors (Lipinski definition) is 0. The van der Waals surface area contributed by atoms with Crippen molar-refractivity contribution in [3.05, 3.63) is 82.0 Å². The minimum absolute atomic E-state index is 0.0217. The molecule has 2 aromatic carbocycles. The summed E-state index contributed by atoms with van der Waals surface area (Å²) in [5.41, 5.74) is 2.38. The number of allylic oxidation sites excluding steroid dienone is 1. The predicted molar refractivity (Wildman–Crippen MR) is 114 cm³/mol. The van der Waals surface area contributed by atoms with Crippen LogP contribution in [0.25, 0.3) is 0 Å². The number of carbonyl (C=O) groups is 1. The van der Waals surface area contributed by atoms with Crippen LogP contribution >= 0.6 is 0 Å². The van der Waals surface area contributed by atoms with E-state index in [9.17, 15) is 14.9 Å². The van der Waals surface area contributed by atoms with Gasteiger partial charge in [-0.15, -0.1) is 0 Å². The molecule has 2 aliphatic rings. The molecule has 154 valence electrons. The summed E-state index contributed by atoms with van der Waals surface area (Å²) in [5, 5.41) is 17.7. The predicted octanol–water partition coefficient (Wildman–Crippen LogP) is 4.83. The average molecular weight is 405 g/mol. The van der Waals surface area contributed by atoms with E-state index in [1.807, 2.05) is 42.3 Å². The number of carbonyl (C=O) groups excluding carboxylic acids is 1. The van der Waals surface area contributed by atoms with Crippen LogP contribution in [0.4, 0.5) is 11.4 Å². The lowest BCUT2D eigenvalue weighted by Gasteiger charge is -2.44. The zero-order valence-electron chi connectivity index (χ0n) is 16.8. The molecule has 0 aromatic heterocycles. The molecule has 0 N–H and O–H groups in total. The molecule has 0 saturated heterocycles. The summed E-state index contributed by atoms with van der Waals surface area (Å²) in [6.07, 6.45) is 4.93. The summed E-state index contributed by atoms with van der Waals surface area (Å²) in [6, 6.07) is 16.0. The van der Waals surface area contributed by atoms with Crippen molar-refractivity contribution in [3.63, 3.8) is 0 Å². The number of non-ortho nitro benzene ring substituents is 1. The molecular formula is C23H23N3O4. The highest BCUT2D eigenvalue weighted by atomic mass is 16.6. The first-order valence-corrected chi connectivity index (χ1v) is 10.1. The highest BCUT2D eigenvalue weighted by Gasteiger charge is 2.50. The fraction of sp³-hybridized carbons (Fsp3) is 0.304. The van der Waals surface area contributed by atoms with Crippen LogP contribution in [0.1, 0.15) is 38.2 Å². The maximum absolute atomic E-state index is 13.2. The molecule has 1 aliphatic carbocycles. The maximum Gasteiger partial charge on any atom is 0.318 e. The van der Waals surface area contributed by atoms with Crippen molar-refractivity contribution in [3.8, 4) is 0 Å². The Hall–Kier alpha value is -3.48. The molecule has 7 heteroatoms. The number of para-hydroxylation sites is 1. The lowest BCUT2D eigenvalue weighted by atomic mass is 9.70. The molecule has 4 rings (SSSR count). The van der Waals surface area contributed by atoms with Crippen LogP contribution in [0.3, 0.4) is 0 Å². The summed E-state index contributed by atoms with van der Waals surface area (Å²) >= 11 is 0. The molecule has 7 nitrogen and oxygen atoms in total. The molecule has 30 heavy (non-hydrogen) atoms. The number of anilines is 1. The third-order valence-corrected chi connectivity index (χ3v) is 5.63. The van der Waals surface area contributed by atoms with Crippen LogP contribution in [-0.2, 0) is 9.53 Å². The van der Waals surface area contributed by atoms with E-state index in [1.165, 1.54) is 12.1 Å². The van der Waals surface area contributed by atoms with Gasteiger partial charge in [-0.2, -0.15) is 5.10 Å². The number of nitrogens with zero attached hydrogens (tertiary/aromatic N) is 3. The van der Waals surface area contributed by atoms with Gasteiger partial charge in [-0.1, -0.05) is 24.3 Å². The van der Waals surface area contributed by atoms with Crippen LogP contribution in [-0.4, -0.2) is 23.2 Å². The van der Waals surface area contributed by atoms with Crippen LogP contribution < -0.4 is 5.01 Å². The van der Waals surface area contributed by atoms with Gasteiger partial charge < -0.3 is 4.74 Å². The molecule has 1 heterocycles. The van der Waals surface area contributed by atoms with Crippen molar-refractivity contribution in [2.75, 3.05) is 11.6 Å². The number of hydrazone groups is 1. The van der Waals surface area contributed by atoms with Crippen molar-refractivity contribution >= 4 is 23.1 Å². The van der Waals surface area contributed by atoms with Gasteiger partial charge in [-0.25, -0.2) is 5.01 Å². The molecule has 0 radical (unpaired) electrons. The topological polar surface area (TPSA) is 85.0 Å². The van der Waals surface area contributed by atoms with Gasteiger partial charge in [-0.3, -0.25) is 14.9 Å². The van der Waals surface area contributed by atoms with E-state index in [2.05, 4.69) is 6.08 Å². The number of ether oxygens (including phenoxy) is 1. The lowest BCUT2D eigenvalue weighted by molar-refractivity contribution is -0.384. The second kappa shape index (κ2) is 8.10. The van der Waals surface area contributed by atoms with E-state index in [0.29, 0.717) is 25.2 Å². The first-order chi connectivity index (χ1) is 14.5. The Morgan fingerprint density at radius 2 is 1.93 bits per heavy atom. The van der Waals surface area contributed by atoms with Crippen LogP contribution in [0, 0.1) is 15.5 Å².